The van der Waals surface area contributed by atoms with Gasteiger partial charge in [0.25, 0.3) is 0 Å². The van der Waals surface area contributed by atoms with Crippen LogP contribution >= 0.6 is 35.7 Å². The number of hydrogen-bond donors (Lipinski definition) is 2. The third-order valence-corrected chi connectivity index (χ3v) is 4.22. The summed E-state index contributed by atoms with van der Waals surface area (Å²) in [6, 6.07) is 10.6. The van der Waals surface area contributed by atoms with Crippen molar-refractivity contribution >= 4 is 41.7 Å². The molecule has 1 aromatic rings. The zero-order valence-electron chi connectivity index (χ0n) is 13.8. The van der Waals surface area contributed by atoms with Crippen LogP contribution in [0.2, 0.25) is 0 Å². The highest BCUT2D eigenvalue weighted by Crippen LogP contribution is 2.21. The monoisotopic (exact) mass is 433 g/mol. The van der Waals surface area contributed by atoms with Crippen molar-refractivity contribution < 1.29 is 0 Å². The maximum Gasteiger partial charge on any atom is 0.191 e. The van der Waals surface area contributed by atoms with Crippen molar-refractivity contribution in [3.8, 4) is 0 Å². The Hall–Kier alpha value is -0.690. The molecule has 0 unspecified atom stereocenters. The average molecular weight is 433 g/mol. The summed E-state index contributed by atoms with van der Waals surface area (Å²) in [5.74, 6) is 2.90. The minimum Gasteiger partial charge on any atom is -0.356 e. The minimum absolute atomic E-state index is 0. The van der Waals surface area contributed by atoms with Gasteiger partial charge in [0.2, 0.25) is 0 Å². The van der Waals surface area contributed by atoms with E-state index in [4.69, 9.17) is 0 Å². The van der Waals surface area contributed by atoms with E-state index >= 15 is 0 Å². The molecule has 0 aromatic heterocycles. The first-order valence-corrected chi connectivity index (χ1v) is 8.44. The Bertz CT molecular complexity index is 446. The molecule has 0 radical (unpaired) electrons. The molecule has 5 heteroatoms. The van der Waals surface area contributed by atoms with Crippen molar-refractivity contribution in [1.82, 2.24) is 10.6 Å². The number of nitrogens with zero attached hydrogens (tertiary/aromatic N) is 1. The molecule has 2 N–H and O–H groups in total. The van der Waals surface area contributed by atoms with E-state index in [-0.39, 0.29) is 29.4 Å². The summed E-state index contributed by atoms with van der Waals surface area (Å²) < 4.78 is 0. The molecule has 1 rings (SSSR count). The fourth-order valence-electron chi connectivity index (χ4n) is 1.92. The van der Waals surface area contributed by atoms with Gasteiger partial charge >= 0.3 is 0 Å². The Labute approximate surface area is 156 Å². The lowest BCUT2D eigenvalue weighted by molar-refractivity contribution is 0.509. The van der Waals surface area contributed by atoms with Crippen LogP contribution in [0.15, 0.2) is 48.0 Å². The summed E-state index contributed by atoms with van der Waals surface area (Å²) in [7, 11) is 1.81. The van der Waals surface area contributed by atoms with E-state index in [1.54, 1.807) is 0 Å². The first kappa shape index (κ1) is 21.3. The van der Waals surface area contributed by atoms with Crippen LogP contribution in [0.1, 0.15) is 19.4 Å². The van der Waals surface area contributed by atoms with Gasteiger partial charge in [0.15, 0.2) is 5.96 Å². The second-order valence-electron chi connectivity index (χ2n) is 5.47. The van der Waals surface area contributed by atoms with E-state index in [2.05, 4.69) is 66.4 Å². The standard InChI is InChI=1S/C17H27N3S.HI/c1-5-12-21-13-11-19-16(18-4)20-14-17(2,3)15-9-7-6-8-10-15;/h5-10H,1,11-14H2,2-4H3,(H2,18,19,20);1H. The molecule has 0 aliphatic carbocycles. The molecule has 1 aromatic carbocycles. The highest BCUT2D eigenvalue weighted by atomic mass is 127. The maximum absolute atomic E-state index is 4.27. The van der Waals surface area contributed by atoms with Crippen molar-refractivity contribution in [3.63, 3.8) is 0 Å². The molecule has 0 amide bonds. The molecule has 0 aliphatic heterocycles. The van der Waals surface area contributed by atoms with Gasteiger partial charge in [0.05, 0.1) is 0 Å². The summed E-state index contributed by atoms with van der Waals surface area (Å²) in [5, 5.41) is 6.74. The zero-order chi connectivity index (χ0) is 15.6. The van der Waals surface area contributed by atoms with E-state index in [1.807, 2.05) is 24.9 Å². The van der Waals surface area contributed by atoms with Crippen LogP contribution < -0.4 is 10.6 Å². The molecule has 0 aliphatic rings. The molecule has 124 valence electrons. The van der Waals surface area contributed by atoms with E-state index < -0.39 is 0 Å². The fourth-order valence-corrected chi connectivity index (χ4v) is 2.50. The summed E-state index contributed by atoms with van der Waals surface area (Å²) >= 11 is 1.86. The Kier molecular flexibility index (Phi) is 11.5. The molecule has 3 nitrogen and oxygen atoms in total. The Morgan fingerprint density at radius 3 is 2.55 bits per heavy atom. The van der Waals surface area contributed by atoms with E-state index in [0.717, 1.165) is 30.6 Å². The van der Waals surface area contributed by atoms with Gasteiger partial charge in [0, 0.05) is 37.1 Å². The molecule has 0 saturated heterocycles. The van der Waals surface area contributed by atoms with Crippen LogP contribution in [0.3, 0.4) is 0 Å². The highest BCUT2D eigenvalue weighted by Gasteiger charge is 2.20. The summed E-state index contributed by atoms with van der Waals surface area (Å²) in [6.07, 6.45) is 1.93. The Morgan fingerprint density at radius 1 is 1.27 bits per heavy atom. The van der Waals surface area contributed by atoms with Gasteiger partial charge < -0.3 is 10.6 Å². The van der Waals surface area contributed by atoms with Gasteiger partial charge in [-0.1, -0.05) is 50.3 Å². The summed E-state index contributed by atoms with van der Waals surface area (Å²) in [5.41, 5.74) is 1.39. The Morgan fingerprint density at radius 2 is 1.95 bits per heavy atom. The zero-order valence-corrected chi connectivity index (χ0v) is 16.9. The number of benzene rings is 1. The van der Waals surface area contributed by atoms with Crippen LogP contribution in [0.4, 0.5) is 0 Å². The smallest absolute Gasteiger partial charge is 0.191 e. The largest absolute Gasteiger partial charge is 0.356 e. The lowest BCUT2D eigenvalue weighted by Crippen LogP contribution is -2.44. The van der Waals surface area contributed by atoms with Gasteiger partial charge in [-0.15, -0.1) is 30.6 Å². The minimum atomic E-state index is 0. The Balaban J connectivity index is 0.00000441. The van der Waals surface area contributed by atoms with E-state index in [9.17, 15) is 0 Å². The number of aliphatic imine (C=N–C) groups is 1. The third-order valence-electron chi connectivity index (χ3n) is 3.25. The van der Waals surface area contributed by atoms with Crippen LogP contribution in [-0.2, 0) is 5.41 Å². The predicted octanol–water partition coefficient (Wildman–Crippen LogP) is 3.67. The van der Waals surface area contributed by atoms with Crippen LogP contribution in [0, 0.1) is 0 Å². The molecule has 0 spiro atoms. The van der Waals surface area contributed by atoms with Crippen molar-refractivity contribution in [3.05, 3.63) is 48.6 Å². The van der Waals surface area contributed by atoms with Crippen molar-refractivity contribution in [2.75, 3.05) is 31.6 Å². The molecular formula is C17H28IN3S. The van der Waals surface area contributed by atoms with Gasteiger partial charge in [-0.05, 0) is 5.56 Å². The summed E-state index contributed by atoms with van der Waals surface area (Å²) in [6.45, 7) is 9.95. The lowest BCUT2D eigenvalue weighted by Gasteiger charge is -2.26. The van der Waals surface area contributed by atoms with Crippen LogP contribution in [0.5, 0.6) is 0 Å². The van der Waals surface area contributed by atoms with Gasteiger partial charge in [0.1, 0.15) is 0 Å². The number of halogens is 1. The normalized spacial score (nSPS) is 11.5. The molecule has 22 heavy (non-hydrogen) atoms. The molecule has 0 bridgehead atoms. The van der Waals surface area contributed by atoms with E-state index in [1.165, 1.54) is 5.56 Å². The fraction of sp³-hybridized carbons (Fsp3) is 0.471. The second kappa shape index (κ2) is 11.8. The van der Waals surface area contributed by atoms with Gasteiger partial charge in [-0.3, -0.25) is 4.99 Å². The summed E-state index contributed by atoms with van der Waals surface area (Å²) in [4.78, 5) is 4.27. The van der Waals surface area contributed by atoms with Crippen LogP contribution in [-0.4, -0.2) is 37.6 Å². The maximum atomic E-state index is 4.27. The molecule has 0 atom stereocenters. The molecule has 0 fully saturated rings. The molecular weight excluding hydrogens is 405 g/mol. The van der Waals surface area contributed by atoms with Crippen LogP contribution in [0.25, 0.3) is 0 Å². The molecule has 0 heterocycles. The average Bonchev–Trinajstić information content (AvgIpc) is 2.51. The van der Waals surface area contributed by atoms with Gasteiger partial charge in [-0.2, -0.15) is 11.8 Å². The van der Waals surface area contributed by atoms with E-state index in [0.29, 0.717) is 0 Å². The number of rotatable bonds is 8. The van der Waals surface area contributed by atoms with Crippen molar-refractivity contribution in [2.45, 2.75) is 19.3 Å². The second-order valence-corrected chi connectivity index (χ2v) is 6.62. The number of thioether (sulfide) groups is 1. The number of nitrogens with one attached hydrogen (secondary N) is 2. The first-order chi connectivity index (χ1) is 10.1. The number of hydrogen-bond acceptors (Lipinski definition) is 2. The number of guanidine groups is 1. The topological polar surface area (TPSA) is 36.4 Å². The lowest BCUT2D eigenvalue weighted by atomic mass is 9.85. The first-order valence-electron chi connectivity index (χ1n) is 7.29. The predicted molar refractivity (Wildman–Crippen MR) is 112 cm³/mol. The third kappa shape index (κ3) is 8.08. The SMILES string of the molecule is C=CCSCCNC(=NC)NCC(C)(C)c1ccccc1.I. The highest BCUT2D eigenvalue weighted by molar-refractivity contribution is 14.0. The van der Waals surface area contributed by atoms with Gasteiger partial charge in [-0.25, -0.2) is 0 Å². The molecule has 0 saturated carbocycles. The quantitative estimate of drug-likeness (QED) is 0.216. The van der Waals surface area contributed by atoms with Crippen molar-refractivity contribution in [2.24, 2.45) is 4.99 Å². The van der Waals surface area contributed by atoms with Crippen molar-refractivity contribution in [1.29, 1.82) is 0 Å².